The van der Waals surface area contributed by atoms with E-state index in [1.807, 2.05) is 24.3 Å². The first kappa shape index (κ1) is 20.0. The minimum absolute atomic E-state index is 0.106. The van der Waals surface area contributed by atoms with Gasteiger partial charge < -0.3 is 9.92 Å². The number of amides is 1. The number of hydrogen-bond acceptors (Lipinski definition) is 5. The summed E-state index contributed by atoms with van der Waals surface area (Å²) in [5, 5.41) is 1.79. The molecule has 1 unspecified atom stereocenters. The summed E-state index contributed by atoms with van der Waals surface area (Å²) in [6, 6.07) is 17.1. The van der Waals surface area contributed by atoms with Gasteiger partial charge in [-0.25, -0.2) is 0 Å². The molecule has 31 heavy (non-hydrogen) atoms. The Kier molecular flexibility index (Phi) is 4.95. The van der Waals surface area contributed by atoms with Crippen LogP contribution in [0.1, 0.15) is 30.0 Å². The van der Waals surface area contributed by atoms with E-state index in [-0.39, 0.29) is 16.6 Å². The summed E-state index contributed by atoms with van der Waals surface area (Å²) < 4.78 is 31.2. The lowest BCUT2D eigenvalue weighted by molar-refractivity contribution is -0.124. The number of benzene rings is 3. The normalized spacial score (nSPS) is 19.2. The van der Waals surface area contributed by atoms with Gasteiger partial charge in [0.05, 0.1) is 0 Å². The molecule has 1 amide bonds. The van der Waals surface area contributed by atoms with Crippen LogP contribution in [0.4, 0.5) is 0 Å². The van der Waals surface area contributed by atoms with E-state index >= 15 is 0 Å². The fourth-order valence-corrected chi connectivity index (χ4v) is 5.33. The first-order chi connectivity index (χ1) is 14.9. The SMILES string of the molecule is NC(=O)C1c2ccc(OS(=O)(=O)c3ccc4ccccc4c3)cc2CCN1CC1CC1. The topological polar surface area (TPSA) is 89.7 Å². The summed E-state index contributed by atoms with van der Waals surface area (Å²) in [6.07, 6.45) is 3.13. The molecule has 0 bridgehead atoms. The number of nitrogens with zero attached hydrogens (tertiary/aromatic N) is 1. The second kappa shape index (κ2) is 7.66. The average molecular weight is 437 g/mol. The molecular formula is C24H24N2O4S. The number of fused-ring (bicyclic) bond motifs is 2. The summed E-state index contributed by atoms with van der Waals surface area (Å²) in [6.45, 7) is 1.60. The zero-order valence-corrected chi connectivity index (χ0v) is 17.8. The first-order valence-corrected chi connectivity index (χ1v) is 11.9. The van der Waals surface area contributed by atoms with Gasteiger partial charge in [-0.3, -0.25) is 9.69 Å². The molecule has 3 aromatic rings. The van der Waals surface area contributed by atoms with Crippen molar-refractivity contribution in [1.82, 2.24) is 4.90 Å². The molecule has 1 aliphatic heterocycles. The van der Waals surface area contributed by atoms with Crippen LogP contribution in [-0.4, -0.2) is 32.3 Å². The van der Waals surface area contributed by atoms with Gasteiger partial charge in [-0.1, -0.05) is 36.4 Å². The van der Waals surface area contributed by atoms with Crippen LogP contribution < -0.4 is 9.92 Å². The smallest absolute Gasteiger partial charge is 0.339 e. The Labute approximate surface area is 181 Å². The molecule has 1 saturated carbocycles. The fourth-order valence-electron chi connectivity index (χ4n) is 4.37. The fraction of sp³-hybridized carbons (Fsp3) is 0.292. The van der Waals surface area contributed by atoms with Crippen molar-refractivity contribution in [1.29, 1.82) is 0 Å². The van der Waals surface area contributed by atoms with E-state index in [4.69, 9.17) is 9.92 Å². The lowest BCUT2D eigenvalue weighted by Crippen LogP contribution is -2.43. The number of rotatable bonds is 6. The molecule has 6 nitrogen and oxygen atoms in total. The van der Waals surface area contributed by atoms with Crippen LogP contribution in [-0.2, 0) is 21.3 Å². The van der Waals surface area contributed by atoms with E-state index in [0.29, 0.717) is 5.92 Å². The molecule has 0 spiro atoms. The second-order valence-corrected chi connectivity index (χ2v) is 9.95. The highest BCUT2D eigenvalue weighted by Gasteiger charge is 2.35. The van der Waals surface area contributed by atoms with E-state index in [2.05, 4.69) is 4.90 Å². The van der Waals surface area contributed by atoms with E-state index < -0.39 is 16.2 Å². The zero-order chi connectivity index (χ0) is 21.6. The minimum atomic E-state index is -3.98. The molecule has 0 radical (unpaired) electrons. The summed E-state index contributed by atoms with van der Waals surface area (Å²) >= 11 is 0. The summed E-state index contributed by atoms with van der Waals surface area (Å²) in [5.74, 6) is 0.517. The Morgan fingerprint density at radius 1 is 1.03 bits per heavy atom. The van der Waals surface area contributed by atoms with Crippen LogP contribution in [0.15, 0.2) is 65.6 Å². The maximum atomic E-state index is 12.9. The molecule has 7 heteroatoms. The van der Waals surface area contributed by atoms with Gasteiger partial charge in [0.2, 0.25) is 5.91 Å². The molecule has 1 fully saturated rings. The van der Waals surface area contributed by atoms with E-state index in [0.717, 1.165) is 41.4 Å². The number of nitrogens with two attached hydrogens (primary N) is 1. The zero-order valence-electron chi connectivity index (χ0n) is 17.0. The van der Waals surface area contributed by atoms with Gasteiger partial charge in [0.15, 0.2) is 0 Å². The van der Waals surface area contributed by atoms with Gasteiger partial charge in [-0.05, 0) is 71.3 Å². The molecule has 5 rings (SSSR count). The van der Waals surface area contributed by atoms with Crippen molar-refractivity contribution in [3.63, 3.8) is 0 Å². The molecule has 0 aromatic heterocycles. The van der Waals surface area contributed by atoms with Crippen LogP contribution in [0.25, 0.3) is 10.8 Å². The van der Waals surface area contributed by atoms with Crippen molar-refractivity contribution in [3.8, 4) is 5.75 Å². The number of hydrogen-bond donors (Lipinski definition) is 1. The third kappa shape index (κ3) is 4.03. The lowest BCUT2D eigenvalue weighted by atomic mass is 9.91. The third-order valence-corrected chi connectivity index (χ3v) is 7.36. The Hall–Kier alpha value is -2.90. The molecule has 1 atom stereocenters. The molecule has 0 saturated heterocycles. The molecule has 1 aliphatic carbocycles. The molecule has 3 aromatic carbocycles. The van der Waals surface area contributed by atoms with Crippen molar-refractivity contribution in [2.24, 2.45) is 11.7 Å². The largest absolute Gasteiger partial charge is 0.379 e. The molecule has 2 aliphatic rings. The highest BCUT2D eigenvalue weighted by molar-refractivity contribution is 7.87. The third-order valence-electron chi connectivity index (χ3n) is 6.12. The predicted molar refractivity (Wildman–Crippen MR) is 118 cm³/mol. The standard InChI is InChI=1S/C24H24N2O4S/c25-24(27)23-22-10-8-20(13-19(22)11-12-26(23)15-16-5-6-16)30-31(28,29)21-9-7-17-3-1-2-4-18(17)14-21/h1-4,7-10,13-14,16,23H,5-6,11-12,15H2,(H2,25,27). The van der Waals surface area contributed by atoms with Gasteiger partial charge in [-0.2, -0.15) is 8.42 Å². The van der Waals surface area contributed by atoms with Crippen LogP contribution in [0.5, 0.6) is 5.75 Å². The Bertz CT molecular complexity index is 1270. The molecule has 160 valence electrons. The first-order valence-electron chi connectivity index (χ1n) is 10.5. The van der Waals surface area contributed by atoms with Gasteiger partial charge in [0.25, 0.3) is 0 Å². The summed E-state index contributed by atoms with van der Waals surface area (Å²) in [4.78, 5) is 14.4. The van der Waals surface area contributed by atoms with Crippen molar-refractivity contribution in [2.75, 3.05) is 13.1 Å². The van der Waals surface area contributed by atoms with Gasteiger partial charge in [-0.15, -0.1) is 0 Å². The summed E-state index contributed by atoms with van der Waals surface area (Å²) in [5.41, 5.74) is 7.47. The molecule has 1 heterocycles. The van der Waals surface area contributed by atoms with Crippen LogP contribution >= 0.6 is 0 Å². The van der Waals surface area contributed by atoms with E-state index in [1.54, 1.807) is 36.4 Å². The van der Waals surface area contributed by atoms with Crippen LogP contribution in [0, 0.1) is 5.92 Å². The number of primary amides is 1. The summed E-state index contributed by atoms with van der Waals surface area (Å²) in [7, 11) is -3.98. The Balaban J connectivity index is 1.41. The minimum Gasteiger partial charge on any atom is -0.379 e. The quantitative estimate of drug-likeness (QED) is 0.598. The van der Waals surface area contributed by atoms with Gasteiger partial charge in [0.1, 0.15) is 16.7 Å². The predicted octanol–water partition coefficient (Wildman–Crippen LogP) is 3.40. The Morgan fingerprint density at radius 3 is 2.55 bits per heavy atom. The average Bonchev–Trinajstić information content (AvgIpc) is 3.57. The van der Waals surface area contributed by atoms with Crippen LogP contribution in [0.3, 0.4) is 0 Å². The maximum Gasteiger partial charge on any atom is 0.339 e. The Morgan fingerprint density at radius 2 is 1.81 bits per heavy atom. The monoisotopic (exact) mass is 436 g/mol. The van der Waals surface area contributed by atoms with Gasteiger partial charge >= 0.3 is 10.1 Å². The second-order valence-electron chi connectivity index (χ2n) is 8.40. The highest BCUT2D eigenvalue weighted by Crippen LogP contribution is 2.37. The van der Waals surface area contributed by atoms with E-state index in [9.17, 15) is 13.2 Å². The van der Waals surface area contributed by atoms with Gasteiger partial charge in [0, 0.05) is 13.1 Å². The number of carbonyl (C=O) groups is 1. The number of carbonyl (C=O) groups excluding carboxylic acids is 1. The lowest BCUT2D eigenvalue weighted by Gasteiger charge is -2.35. The van der Waals surface area contributed by atoms with Crippen molar-refractivity contribution < 1.29 is 17.4 Å². The van der Waals surface area contributed by atoms with E-state index in [1.165, 1.54) is 12.8 Å². The molecule has 2 N–H and O–H groups in total. The van der Waals surface area contributed by atoms with Crippen LogP contribution in [0.2, 0.25) is 0 Å². The van der Waals surface area contributed by atoms with Crippen molar-refractivity contribution >= 4 is 26.8 Å². The maximum absolute atomic E-state index is 12.9. The van der Waals surface area contributed by atoms with Crippen molar-refractivity contribution in [3.05, 3.63) is 71.8 Å². The highest BCUT2D eigenvalue weighted by atomic mass is 32.2. The van der Waals surface area contributed by atoms with Crippen molar-refractivity contribution in [2.45, 2.75) is 30.2 Å². The molecular weight excluding hydrogens is 412 g/mol.